The van der Waals surface area contributed by atoms with Gasteiger partial charge in [0.05, 0.1) is 0 Å². The van der Waals surface area contributed by atoms with Gasteiger partial charge < -0.3 is 15.7 Å². The number of aliphatic carboxylic acids is 1. The first-order chi connectivity index (χ1) is 15.2. The molecular weight excluding hydrogens is 402 g/mol. The number of pyridine rings is 1. The molecule has 0 spiro atoms. The van der Waals surface area contributed by atoms with Crippen molar-refractivity contribution in [3.8, 4) is 12.1 Å². The average molecular weight is 430 g/mol. The maximum absolute atomic E-state index is 10.8. The van der Waals surface area contributed by atoms with Crippen LogP contribution in [0.4, 0.5) is 5.69 Å². The highest BCUT2D eigenvalue weighted by atomic mass is 16.4. The summed E-state index contributed by atoms with van der Waals surface area (Å²) < 4.78 is 0. The lowest BCUT2D eigenvalue weighted by molar-refractivity contribution is -0.137. The Morgan fingerprint density at radius 1 is 1.16 bits per heavy atom. The Morgan fingerprint density at radius 3 is 2.47 bits per heavy atom. The molecule has 0 saturated carbocycles. The summed E-state index contributed by atoms with van der Waals surface area (Å²) in [6.45, 7) is 5.83. The number of carboxylic acids is 1. The second kappa shape index (κ2) is 11.3. The standard InChI is InChI=1S/C25H27N5O2/c1-25(2,3)30-24(20(15-26)16-27)29-21-10-6-8-18(14-21)22(11-4-5-12-23(31)32)19-9-7-13-28-17-19/h6-11,13-14,17,29-30H,4-5,12H2,1-3H3,(H,31,32)/b22-11+. The number of carbonyl (C=O) groups is 1. The molecule has 1 heterocycles. The molecule has 0 radical (unpaired) electrons. The molecule has 0 saturated heterocycles. The summed E-state index contributed by atoms with van der Waals surface area (Å²) in [6.07, 6.45) is 6.73. The van der Waals surface area contributed by atoms with Crippen LogP contribution in [0.3, 0.4) is 0 Å². The van der Waals surface area contributed by atoms with Crippen molar-refractivity contribution in [2.45, 2.75) is 45.6 Å². The molecule has 0 aliphatic carbocycles. The largest absolute Gasteiger partial charge is 0.481 e. The lowest BCUT2D eigenvalue weighted by atomic mass is 9.97. The zero-order valence-corrected chi connectivity index (χ0v) is 18.5. The number of allylic oxidation sites excluding steroid dienone is 2. The Morgan fingerprint density at radius 2 is 1.88 bits per heavy atom. The van der Waals surface area contributed by atoms with Gasteiger partial charge in [0.15, 0.2) is 5.57 Å². The van der Waals surface area contributed by atoms with E-state index in [4.69, 9.17) is 5.11 Å². The van der Waals surface area contributed by atoms with Gasteiger partial charge in [0.1, 0.15) is 18.0 Å². The average Bonchev–Trinajstić information content (AvgIpc) is 2.74. The monoisotopic (exact) mass is 429 g/mol. The van der Waals surface area contributed by atoms with E-state index in [1.54, 1.807) is 12.4 Å². The van der Waals surface area contributed by atoms with Gasteiger partial charge in [-0.3, -0.25) is 9.78 Å². The van der Waals surface area contributed by atoms with E-state index in [0.717, 1.165) is 16.7 Å². The first-order valence-electron chi connectivity index (χ1n) is 10.3. The fraction of sp³-hybridized carbons (Fsp3) is 0.280. The second-order valence-electron chi connectivity index (χ2n) is 8.20. The molecule has 7 nitrogen and oxygen atoms in total. The number of anilines is 1. The van der Waals surface area contributed by atoms with Crippen LogP contribution in [-0.4, -0.2) is 21.6 Å². The number of carboxylic acid groups (broad SMARTS) is 1. The highest BCUT2D eigenvalue weighted by Crippen LogP contribution is 2.27. The lowest BCUT2D eigenvalue weighted by Crippen LogP contribution is -2.38. The van der Waals surface area contributed by atoms with Crippen molar-refractivity contribution in [2.24, 2.45) is 0 Å². The van der Waals surface area contributed by atoms with Crippen molar-refractivity contribution in [1.82, 2.24) is 10.3 Å². The van der Waals surface area contributed by atoms with Gasteiger partial charge in [0.2, 0.25) is 0 Å². The van der Waals surface area contributed by atoms with E-state index in [1.807, 2.05) is 75.4 Å². The van der Waals surface area contributed by atoms with Crippen molar-refractivity contribution in [3.63, 3.8) is 0 Å². The number of aromatic nitrogens is 1. The highest BCUT2D eigenvalue weighted by Gasteiger charge is 2.16. The topological polar surface area (TPSA) is 122 Å². The van der Waals surface area contributed by atoms with Crippen LogP contribution in [0, 0.1) is 22.7 Å². The maximum Gasteiger partial charge on any atom is 0.303 e. The zero-order valence-electron chi connectivity index (χ0n) is 18.5. The molecule has 0 unspecified atom stereocenters. The first-order valence-corrected chi connectivity index (χ1v) is 10.3. The normalized spacial score (nSPS) is 11.1. The third-order valence-electron chi connectivity index (χ3n) is 4.33. The smallest absolute Gasteiger partial charge is 0.303 e. The summed E-state index contributed by atoms with van der Waals surface area (Å²) in [5.74, 6) is -0.475. The third kappa shape index (κ3) is 7.62. The van der Waals surface area contributed by atoms with E-state index < -0.39 is 5.97 Å². The molecule has 32 heavy (non-hydrogen) atoms. The fourth-order valence-electron chi connectivity index (χ4n) is 3.00. The van der Waals surface area contributed by atoms with Crippen LogP contribution in [0.1, 0.15) is 51.2 Å². The van der Waals surface area contributed by atoms with Crippen LogP contribution >= 0.6 is 0 Å². The minimum atomic E-state index is -0.816. The molecule has 0 atom stereocenters. The molecule has 3 N–H and O–H groups in total. The van der Waals surface area contributed by atoms with Crippen LogP contribution in [0.15, 0.2) is 66.3 Å². The van der Waals surface area contributed by atoms with Crippen molar-refractivity contribution in [1.29, 1.82) is 10.5 Å². The molecule has 0 aliphatic heterocycles. The predicted molar refractivity (Wildman–Crippen MR) is 124 cm³/mol. The van der Waals surface area contributed by atoms with Crippen molar-refractivity contribution < 1.29 is 9.90 Å². The Kier molecular flexibility index (Phi) is 8.56. The minimum absolute atomic E-state index is 0.0398. The van der Waals surface area contributed by atoms with Crippen LogP contribution in [0.5, 0.6) is 0 Å². The second-order valence-corrected chi connectivity index (χ2v) is 8.20. The van der Waals surface area contributed by atoms with Crippen LogP contribution in [0.25, 0.3) is 5.57 Å². The number of nitrogens with one attached hydrogen (secondary N) is 2. The van der Waals surface area contributed by atoms with Crippen LogP contribution in [-0.2, 0) is 4.79 Å². The van der Waals surface area contributed by atoms with Gasteiger partial charge in [-0.05, 0) is 62.9 Å². The Bertz CT molecular complexity index is 1070. The van der Waals surface area contributed by atoms with E-state index in [2.05, 4.69) is 15.6 Å². The van der Waals surface area contributed by atoms with Crippen molar-refractivity contribution in [2.75, 3.05) is 5.32 Å². The van der Waals surface area contributed by atoms with E-state index in [1.165, 1.54) is 0 Å². The van der Waals surface area contributed by atoms with E-state index in [0.29, 0.717) is 24.4 Å². The number of nitrogens with zero attached hydrogens (tertiary/aromatic N) is 3. The molecule has 2 rings (SSSR count). The molecule has 0 fully saturated rings. The summed E-state index contributed by atoms with van der Waals surface area (Å²) in [5, 5.41) is 34.0. The molecule has 0 bridgehead atoms. The molecule has 2 aromatic rings. The Balaban J connectivity index is 2.41. The molecule has 0 aliphatic rings. The third-order valence-corrected chi connectivity index (χ3v) is 4.33. The highest BCUT2D eigenvalue weighted by molar-refractivity contribution is 5.81. The van der Waals surface area contributed by atoms with E-state index in [9.17, 15) is 15.3 Å². The molecule has 1 aromatic heterocycles. The number of nitriles is 2. The Hall–Kier alpha value is -4.10. The van der Waals surface area contributed by atoms with Crippen molar-refractivity contribution >= 4 is 17.2 Å². The van der Waals surface area contributed by atoms with Gasteiger partial charge in [-0.2, -0.15) is 10.5 Å². The van der Waals surface area contributed by atoms with E-state index >= 15 is 0 Å². The van der Waals surface area contributed by atoms with Gasteiger partial charge in [0.25, 0.3) is 0 Å². The Labute approximate surface area is 188 Å². The lowest BCUT2D eigenvalue weighted by Gasteiger charge is -2.25. The quantitative estimate of drug-likeness (QED) is 0.385. The minimum Gasteiger partial charge on any atom is -0.481 e. The zero-order chi connectivity index (χ0) is 23.6. The van der Waals surface area contributed by atoms with E-state index in [-0.39, 0.29) is 17.5 Å². The number of benzene rings is 1. The van der Waals surface area contributed by atoms with Crippen LogP contribution < -0.4 is 10.6 Å². The van der Waals surface area contributed by atoms with Gasteiger partial charge >= 0.3 is 5.97 Å². The first kappa shape index (κ1) is 24.2. The SMILES string of the molecule is CC(C)(C)NC(Nc1cccc(/C(=C\CCCC(=O)O)c2cccnc2)c1)=C(C#N)C#N. The number of unbranched alkanes of at least 4 members (excludes halogenated alkanes) is 1. The maximum atomic E-state index is 10.8. The summed E-state index contributed by atoms with van der Waals surface area (Å²) in [5.41, 5.74) is 3.06. The van der Waals surface area contributed by atoms with Crippen LogP contribution in [0.2, 0.25) is 0 Å². The summed E-state index contributed by atoms with van der Waals surface area (Å²) >= 11 is 0. The van der Waals surface area contributed by atoms with Crippen molar-refractivity contribution in [3.05, 3.63) is 77.4 Å². The van der Waals surface area contributed by atoms with Gasteiger partial charge in [-0.15, -0.1) is 0 Å². The summed E-state index contributed by atoms with van der Waals surface area (Å²) in [7, 11) is 0. The molecule has 7 heteroatoms. The number of hydrogen-bond donors (Lipinski definition) is 3. The molecular formula is C25H27N5O2. The molecule has 164 valence electrons. The van der Waals surface area contributed by atoms with Gasteiger partial charge in [-0.25, -0.2) is 0 Å². The number of rotatable bonds is 9. The van der Waals surface area contributed by atoms with Gasteiger partial charge in [-0.1, -0.05) is 24.3 Å². The molecule has 0 amide bonds. The fourth-order valence-corrected chi connectivity index (χ4v) is 3.00. The van der Waals surface area contributed by atoms with Gasteiger partial charge in [0, 0.05) is 35.6 Å². The predicted octanol–water partition coefficient (Wildman–Crippen LogP) is 4.83. The number of hydrogen-bond acceptors (Lipinski definition) is 6. The summed E-state index contributed by atoms with van der Waals surface area (Å²) in [6, 6.07) is 15.3. The molecule has 1 aromatic carbocycles. The summed E-state index contributed by atoms with van der Waals surface area (Å²) in [4.78, 5) is 15.0.